The summed E-state index contributed by atoms with van der Waals surface area (Å²) in [6, 6.07) is 9.87. The maximum absolute atomic E-state index is 9.48. The number of rotatable bonds is 5. The van der Waals surface area contributed by atoms with Crippen molar-refractivity contribution in [2.45, 2.75) is 32.1 Å². The maximum atomic E-state index is 9.48. The summed E-state index contributed by atoms with van der Waals surface area (Å²) < 4.78 is 5.75. The lowest BCUT2D eigenvalue weighted by Crippen LogP contribution is -2.26. The Balaban J connectivity index is 1.82. The van der Waals surface area contributed by atoms with Gasteiger partial charge in [-0.3, -0.25) is 0 Å². The molecule has 1 saturated carbocycles. The van der Waals surface area contributed by atoms with E-state index in [1.165, 1.54) is 32.1 Å². The zero-order valence-corrected chi connectivity index (χ0v) is 10.3. The molecular formula is C15H22O2. The Labute approximate surface area is 104 Å². The first-order valence-electron chi connectivity index (χ1n) is 6.69. The van der Waals surface area contributed by atoms with Gasteiger partial charge in [0.05, 0.1) is 6.61 Å². The van der Waals surface area contributed by atoms with Crippen LogP contribution < -0.4 is 4.74 Å². The fraction of sp³-hybridized carbons (Fsp3) is 0.600. The second kappa shape index (κ2) is 6.65. The number of benzene rings is 1. The molecule has 0 saturated heterocycles. The van der Waals surface area contributed by atoms with E-state index in [0.717, 1.165) is 5.75 Å². The second-order valence-corrected chi connectivity index (χ2v) is 4.96. The molecule has 1 atom stereocenters. The van der Waals surface area contributed by atoms with Crippen LogP contribution in [0.1, 0.15) is 32.1 Å². The summed E-state index contributed by atoms with van der Waals surface area (Å²) in [4.78, 5) is 0. The van der Waals surface area contributed by atoms with Crippen molar-refractivity contribution in [2.24, 2.45) is 11.8 Å². The second-order valence-electron chi connectivity index (χ2n) is 4.96. The van der Waals surface area contributed by atoms with Gasteiger partial charge in [-0.2, -0.15) is 0 Å². The molecule has 0 radical (unpaired) electrons. The van der Waals surface area contributed by atoms with Crippen LogP contribution in [0.25, 0.3) is 0 Å². The highest BCUT2D eigenvalue weighted by Gasteiger charge is 2.23. The number of aliphatic hydroxyl groups is 1. The number of hydrogen-bond donors (Lipinski definition) is 1. The van der Waals surface area contributed by atoms with Gasteiger partial charge in [0.1, 0.15) is 5.75 Å². The molecule has 0 amide bonds. The van der Waals surface area contributed by atoms with Crippen molar-refractivity contribution >= 4 is 0 Å². The quantitative estimate of drug-likeness (QED) is 0.847. The fourth-order valence-corrected chi connectivity index (χ4v) is 2.66. The van der Waals surface area contributed by atoms with Gasteiger partial charge in [0.25, 0.3) is 0 Å². The zero-order valence-electron chi connectivity index (χ0n) is 10.3. The molecule has 0 heterocycles. The minimum absolute atomic E-state index is 0.248. The molecule has 1 aromatic rings. The van der Waals surface area contributed by atoms with E-state index in [1.807, 2.05) is 30.3 Å². The lowest BCUT2D eigenvalue weighted by atomic mass is 9.81. The molecular weight excluding hydrogens is 212 g/mol. The van der Waals surface area contributed by atoms with Crippen molar-refractivity contribution in [2.75, 3.05) is 13.2 Å². The summed E-state index contributed by atoms with van der Waals surface area (Å²) in [6.45, 7) is 0.892. The smallest absolute Gasteiger partial charge is 0.119 e. The van der Waals surface area contributed by atoms with E-state index >= 15 is 0 Å². The SMILES string of the molecule is OCC(COc1ccccc1)C1CCCCC1. The van der Waals surface area contributed by atoms with E-state index in [-0.39, 0.29) is 6.61 Å². The standard InChI is InChI=1S/C15H22O2/c16-11-14(13-7-3-1-4-8-13)12-17-15-9-5-2-6-10-15/h2,5-6,9-10,13-14,16H,1,3-4,7-8,11-12H2. The third-order valence-electron chi connectivity index (χ3n) is 3.76. The van der Waals surface area contributed by atoms with E-state index in [2.05, 4.69) is 0 Å². The van der Waals surface area contributed by atoms with Crippen molar-refractivity contribution < 1.29 is 9.84 Å². The summed E-state index contributed by atoms with van der Waals surface area (Å²) in [5, 5.41) is 9.48. The normalized spacial score (nSPS) is 18.9. The van der Waals surface area contributed by atoms with Gasteiger partial charge in [-0.05, 0) is 30.9 Å². The van der Waals surface area contributed by atoms with Gasteiger partial charge in [0, 0.05) is 12.5 Å². The number of hydrogen-bond acceptors (Lipinski definition) is 2. The number of aliphatic hydroxyl groups excluding tert-OH is 1. The van der Waals surface area contributed by atoms with Crippen LogP contribution in [0.15, 0.2) is 30.3 Å². The molecule has 1 aliphatic carbocycles. The molecule has 1 aromatic carbocycles. The Morgan fingerprint density at radius 3 is 2.47 bits per heavy atom. The Hall–Kier alpha value is -1.02. The Kier molecular flexibility index (Phi) is 4.87. The van der Waals surface area contributed by atoms with Gasteiger partial charge in [-0.1, -0.05) is 37.5 Å². The van der Waals surface area contributed by atoms with Crippen molar-refractivity contribution in [1.29, 1.82) is 0 Å². The largest absolute Gasteiger partial charge is 0.493 e. The van der Waals surface area contributed by atoms with Crippen LogP contribution in [0.5, 0.6) is 5.75 Å². The average Bonchev–Trinajstić information content (AvgIpc) is 2.42. The minimum atomic E-state index is 0.248. The van der Waals surface area contributed by atoms with Gasteiger partial charge >= 0.3 is 0 Å². The molecule has 0 bridgehead atoms. The fourth-order valence-electron chi connectivity index (χ4n) is 2.66. The molecule has 1 N–H and O–H groups in total. The van der Waals surface area contributed by atoms with Gasteiger partial charge in [0.15, 0.2) is 0 Å². The van der Waals surface area contributed by atoms with E-state index in [9.17, 15) is 5.11 Å². The first kappa shape index (κ1) is 12.4. The molecule has 17 heavy (non-hydrogen) atoms. The Bertz CT molecular complexity index is 304. The number of ether oxygens (including phenoxy) is 1. The van der Waals surface area contributed by atoms with Crippen LogP contribution in [0, 0.1) is 11.8 Å². The lowest BCUT2D eigenvalue weighted by molar-refractivity contribution is 0.0983. The first-order chi connectivity index (χ1) is 8.40. The Morgan fingerprint density at radius 1 is 1.12 bits per heavy atom. The predicted molar refractivity (Wildman–Crippen MR) is 69.1 cm³/mol. The molecule has 0 spiro atoms. The summed E-state index contributed by atoms with van der Waals surface area (Å²) in [5.74, 6) is 1.86. The molecule has 0 aromatic heterocycles. The average molecular weight is 234 g/mol. The third kappa shape index (κ3) is 3.74. The third-order valence-corrected chi connectivity index (χ3v) is 3.76. The predicted octanol–water partition coefficient (Wildman–Crippen LogP) is 3.25. The van der Waals surface area contributed by atoms with E-state index in [1.54, 1.807) is 0 Å². The highest BCUT2D eigenvalue weighted by molar-refractivity contribution is 5.20. The maximum Gasteiger partial charge on any atom is 0.119 e. The summed E-state index contributed by atoms with van der Waals surface area (Å²) in [6.07, 6.45) is 6.49. The van der Waals surface area contributed by atoms with Gasteiger partial charge < -0.3 is 9.84 Å². The van der Waals surface area contributed by atoms with E-state index in [0.29, 0.717) is 18.4 Å². The minimum Gasteiger partial charge on any atom is -0.493 e. The molecule has 1 unspecified atom stereocenters. The topological polar surface area (TPSA) is 29.5 Å². The number of para-hydroxylation sites is 1. The van der Waals surface area contributed by atoms with Crippen molar-refractivity contribution in [3.8, 4) is 5.75 Å². The van der Waals surface area contributed by atoms with Crippen LogP contribution in [0.4, 0.5) is 0 Å². The molecule has 2 rings (SSSR count). The van der Waals surface area contributed by atoms with Crippen LogP contribution in [-0.4, -0.2) is 18.3 Å². The van der Waals surface area contributed by atoms with Crippen LogP contribution in [0.3, 0.4) is 0 Å². The van der Waals surface area contributed by atoms with Crippen LogP contribution in [-0.2, 0) is 0 Å². The van der Waals surface area contributed by atoms with Crippen molar-refractivity contribution in [3.05, 3.63) is 30.3 Å². The van der Waals surface area contributed by atoms with Crippen molar-refractivity contribution in [1.82, 2.24) is 0 Å². The zero-order chi connectivity index (χ0) is 11.9. The molecule has 0 aliphatic heterocycles. The lowest BCUT2D eigenvalue weighted by Gasteiger charge is -2.28. The summed E-state index contributed by atoms with van der Waals surface area (Å²) in [5.41, 5.74) is 0. The Morgan fingerprint density at radius 2 is 1.82 bits per heavy atom. The first-order valence-corrected chi connectivity index (χ1v) is 6.69. The highest BCUT2D eigenvalue weighted by Crippen LogP contribution is 2.30. The molecule has 1 fully saturated rings. The molecule has 1 aliphatic rings. The van der Waals surface area contributed by atoms with Gasteiger partial charge in [0.2, 0.25) is 0 Å². The molecule has 2 nitrogen and oxygen atoms in total. The van der Waals surface area contributed by atoms with Gasteiger partial charge in [-0.15, -0.1) is 0 Å². The monoisotopic (exact) mass is 234 g/mol. The summed E-state index contributed by atoms with van der Waals surface area (Å²) in [7, 11) is 0. The van der Waals surface area contributed by atoms with Crippen LogP contribution in [0.2, 0.25) is 0 Å². The van der Waals surface area contributed by atoms with Crippen LogP contribution >= 0.6 is 0 Å². The molecule has 94 valence electrons. The highest BCUT2D eigenvalue weighted by atomic mass is 16.5. The summed E-state index contributed by atoms with van der Waals surface area (Å²) >= 11 is 0. The van der Waals surface area contributed by atoms with Crippen molar-refractivity contribution in [3.63, 3.8) is 0 Å². The molecule has 2 heteroatoms. The van der Waals surface area contributed by atoms with E-state index in [4.69, 9.17) is 4.74 Å². The van der Waals surface area contributed by atoms with E-state index < -0.39 is 0 Å². The van der Waals surface area contributed by atoms with Gasteiger partial charge in [-0.25, -0.2) is 0 Å².